The first-order chi connectivity index (χ1) is 18.1. The Hall–Kier alpha value is -3.10. The summed E-state index contributed by atoms with van der Waals surface area (Å²) >= 11 is 0. The Bertz CT molecular complexity index is 965. The zero-order chi connectivity index (χ0) is 29.9. The molecule has 3 atom stereocenters. The highest BCUT2D eigenvalue weighted by molar-refractivity contribution is 5.92. The average molecular weight is 548 g/mol. The Balaban J connectivity index is 3.52. The highest BCUT2D eigenvalue weighted by atomic mass is 16.6. The van der Waals surface area contributed by atoms with Gasteiger partial charge in [-0.15, -0.1) is 0 Å². The van der Waals surface area contributed by atoms with Crippen LogP contribution < -0.4 is 10.6 Å². The van der Waals surface area contributed by atoms with E-state index in [2.05, 4.69) is 10.6 Å². The number of amides is 3. The van der Waals surface area contributed by atoms with Crippen molar-refractivity contribution in [2.75, 3.05) is 13.2 Å². The fourth-order valence-electron chi connectivity index (χ4n) is 4.34. The summed E-state index contributed by atoms with van der Waals surface area (Å²) < 4.78 is 10.4. The number of hydrogen-bond acceptors (Lipinski definition) is 6. The van der Waals surface area contributed by atoms with Gasteiger partial charge >= 0.3 is 12.1 Å². The molecule has 0 saturated heterocycles. The summed E-state index contributed by atoms with van der Waals surface area (Å²) in [5.41, 5.74) is 1.84. The van der Waals surface area contributed by atoms with Crippen molar-refractivity contribution < 1.29 is 28.7 Å². The quantitative estimate of drug-likeness (QED) is 0.337. The number of nitrogens with zero attached hydrogens (tertiary/aromatic N) is 1. The van der Waals surface area contributed by atoms with Crippen LogP contribution in [0.4, 0.5) is 4.79 Å². The maximum absolute atomic E-state index is 14.2. The zero-order valence-corrected chi connectivity index (χ0v) is 25.5. The molecule has 0 aromatic heterocycles. The maximum Gasteiger partial charge on any atom is 0.408 e. The van der Waals surface area contributed by atoms with Crippen LogP contribution in [0, 0.1) is 19.8 Å². The van der Waals surface area contributed by atoms with Crippen molar-refractivity contribution in [3.8, 4) is 0 Å². The van der Waals surface area contributed by atoms with Gasteiger partial charge in [0.25, 0.3) is 0 Å². The molecule has 2 N–H and O–H groups in total. The summed E-state index contributed by atoms with van der Waals surface area (Å²) in [4.78, 5) is 54.1. The SMILES string of the molecule is CCOC(=O)CCNC(=O)C(c1cc(C)cc(C)c1)N(C(=O)C(CC(C)C)NC(=O)OC(C)(C)C)C(C)CC. The van der Waals surface area contributed by atoms with Crippen LogP contribution in [0.1, 0.15) is 97.4 Å². The number of carbonyl (C=O) groups is 4. The third-order valence-electron chi connectivity index (χ3n) is 6.04. The number of hydrogen-bond donors (Lipinski definition) is 2. The monoisotopic (exact) mass is 547 g/mol. The molecular formula is C30H49N3O6. The van der Waals surface area contributed by atoms with Crippen LogP contribution in [0.5, 0.6) is 0 Å². The van der Waals surface area contributed by atoms with Crippen molar-refractivity contribution in [2.24, 2.45) is 5.92 Å². The summed E-state index contributed by atoms with van der Waals surface area (Å²) in [6, 6.07) is 3.60. The molecule has 3 amide bonds. The van der Waals surface area contributed by atoms with Crippen molar-refractivity contribution in [1.29, 1.82) is 0 Å². The fraction of sp³-hybridized carbons (Fsp3) is 0.667. The summed E-state index contributed by atoms with van der Waals surface area (Å²) in [6.45, 7) is 19.0. The predicted molar refractivity (Wildman–Crippen MR) is 152 cm³/mol. The van der Waals surface area contributed by atoms with Gasteiger partial charge in [0.1, 0.15) is 17.7 Å². The van der Waals surface area contributed by atoms with Crippen LogP contribution >= 0.6 is 0 Å². The van der Waals surface area contributed by atoms with E-state index in [0.717, 1.165) is 11.1 Å². The summed E-state index contributed by atoms with van der Waals surface area (Å²) in [5.74, 6) is -1.09. The number of esters is 1. The highest BCUT2D eigenvalue weighted by Crippen LogP contribution is 2.28. The third kappa shape index (κ3) is 11.7. The molecule has 0 spiro atoms. The van der Waals surface area contributed by atoms with E-state index in [1.165, 1.54) is 0 Å². The van der Waals surface area contributed by atoms with Gasteiger partial charge in [0.15, 0.2) is 0 Å². The van der Waals surface area contributed by atoms with Crippen molar-refractivity contribution >= 4 is 23.9 Å². The zero-order valence-electron chi connectivity index (χ0n) is 25.5. The van der Waals surface area contributed by atoms with Gasteiger partial charge in [0.05, 0.1) is 13.0 Å². The van der Waals surface area contributed by atoms with Crippen molar-refractivity contribution in [3.05, 3.63) is 34.9 Å². The van der Waals surface area contributed by atoms with Crippen molar-refractivity contribution in [3.63, 3.8) is 0 Å². The summed E-state index contributed by atoms with van der Waals surface area (Å²) in [6.07, 6.45) is 0.290. The molecule has 0 heterocycles. The first kappa shape index (κ1) is 33.9. The molecular weight excluding hydrogens is 498 g/mol. The van der Waals surface area contributed by atoms with Crippen LogP contribution in [0.25, 0.3) is 0 Å². The van der Waals surface area contributed by atoms with E-state index < -0.39 is 35.7 Å². The van der Waals surface area contributed by atoms with Crippen molar-refractivity contribution in [2.45, 2.75) is 112 Å². The van der Waals surface area contributed by atoms with Crippen LogP contribution in [0.15, 0.2) is 18.2 Å². The number of ether oxygens (including phenoxy) is 2. The highest BCUT2D eigenvalue weighted by Gasteiger charge is 2.38. The minimum absolute atomic E-state index is 0.0204. The van der Waals surface area contributed by atoms with Crippen LogP contribution in [-0.2, 0) is 23.9 Å². The molecule has 220 valence electrons. The second-order valence-electron chi connectivity index (χ2n) is 11.5. The van der Waals surface area contributed by atoms with Crippen LogP contribution in [0.2, 0.25) is 0 Å². The van der Waals surface area contributed by atoms with Crippen LogP contribution in [0.3, 0.4) is 0 Å². The molecule has 0 radical (unpaired) electrons. The second kappa shape index (κ2) is 15.5. The smallest absolute Gasteiger partial charge is 0.408 e. The minimum Gasteiger partial charge on any atom is -0.466 e. The predicted octanol–water partition coefficient (Wildman–Crippen LogP) is 4.98. The first-order valence-corrected chi connectivity index (χ1v) is 13.9. The molecule has 0 fully saturated rings. The van der Waals surface area contributed by atoms with Gasteiger partial charge in [-0.05, 0) is 72.8 Å². The first-order valence-electron chi connectivity index (χ1n) is 13.9. The number of aryl methyl sites for hydroxylation is 2. The fourth-order valence-corrected chi connectivity index (χ4v) is 4.34. The van der Waals surface area contributed by atoms with E-state index in [1.807, 2.05) is 59.7 Å². The number of benzene rings is 1. The molecule has 0 bridgehead atoms. The van der Waals surface area contributed by atoms with E-state index in [4.69, 9.17) is 9.47 Å². The summed E-state index contributed by atoms with van der Waals surface area (Å²) in [7, 11) is 0. The molecule has 1 aromatic carbocycles. The van der Waals surface area contributed by atoms with E-state index in [-0.39, 0.29) is 37.4 Å². The van der Waals surface area contributed by atoms with Gasteiger partial charge in [0.2, 0.25) is 11.8 Å². The number of rotatable bonds is 13. The van der Waals surface area contributed by atoms with E-state index in [0.29, 0.717) is 18.4 Å². The lowest BCUT2D eigenvalue weighted by Crippen LogP contribution is -2.55. The molecule has 9 heteroatoms. The molecule has 39 heavy (non-hydrogen) atoms. The van der Waals surface area contributed by atoms with Gasteiger partial charge < -0.3 is 25.0 Å². The largest absolute Gasteiger partial charge is 0.466 e. The van der Waals surface area contributed by atoms with Gasteiger partial charge in [0, 0.05) is 12.6 Å². The Morgan fingerprint density at radius 2 is 1.56 bits per heavy atom. The van der Waals surface area contributed by atoms with E-state index in [9.17, 15) is 19.2 Å². The lowest BCUT2D eigenvalue weighted by molar-refractivity contribution is -0.146. The van der Waals surface area contributed by atoms with Gasteiger partial charge in [-0.25, -0.2) is 4.79 Å². The van der Waals surface area contributed by atoms with Crippen molar-refractivity contribution in [1.82, 2.24) is 15.5 Å². The molecule has 0 aliphatic rings. The maximum atomic E-state index is 14.2. The van der Waals surface area contributed by atoms with E-state index >= 15 is 0 Å². The minimum atomic E-state index is -0.969. The normalized spacial score (nSPS) is 13.7. The average Bonchev–Trinajstić information content (AvgIpc) is 2.79. The Morgan fingerprint density at radius 3 is 2.05 bits per heavy atom. The van der Waals surface area contributed by atoms with Gasteiger partial charge in [-0.1, -0.05) is 50.1 Å². The van der Waals surface area contributed by atoms with E-state index in [1.54, 1.807) is 32.6 Å². The second-order valence-corrected chi connectivity index (χ2v) is 11.5. The molecule has 1 rings (SSSR count). The lowest BCUT2D eigenvalue weighted by Gasteiger charge is -2.38. The number of nitrogens with one attached hydrogen (secondary N) is 2. The molecule has 1 aromatic rings. The standard InChI is InChI=1S/C30H49N3O6/c1-11-22(7)33(28(36)24(15-19(3)4)32-29(37)39-30(8,9)10)26(23-17-20(5)16-21(6)18-23)27(35)31-14-13-25(34)38-12-2/h16-19,22,24,26H,11-15H2,1-10H3,(H,31,35)(H,32,37). The third-order valence-corrected chi connectivity index (χ3v) is 6.04. The van der Waals surface area contributed by atoms with Crippen LogP contribution in [-0.4, -0.2) is 59.6 Å². The van der Waals surface area contributed by atoms with Gasteiger partial charge in [-0.2, -0.15) is 0 Å². The van der Waals surface area contributed by atoms with Gasteiger partial charge in [-0.3, -0.25) is 14.4 Å². The molecule has 9 nitrogen and oxygen atoms in total. The lowest BCUT2D eigenvalue weighted by atomic mass is 9.95. The number of alkyl carbamates (subject to hydrolysis) is 1. The molecule has 0 aliphatic carbocycles. The molecule has 0 saturated carbocycles. The Labute approximate surface area is 234 Å². The summed E-state index contributed by atoms with van der Waals surface area (Å²) in [5, 5.41) is 5.59. The molecule has 3 unspecified atom stereocenters. The Morgan fingerprint density at radius 1 is 0.974 bits per heavy atom. The topological polar surface area (TPSA) is 114 Å². The Kier molecular flexibility index (Phi) is 13.5. The molecule has 0 aliphatic heterocycles. The number of carbonyl (C=O) groups excluding carboxylic acids is 4.